The van der Waals surface area contributed by atoms with E-state index in [0.29, 0.717) is 17.2 Å². The molecule has 3 rings (SSSR count). The highest BCUT2D eigenvalue weighted by Gasteiger charge is 2.18. The number of carbonyl (C=O) groups is 2. The van der Waals surface area contributed by atoms with Crippen LogP contribution in [0.5, 0.6) is 5.75 Å². The summed E-state index contributed by atoms with van der Waals surface area (Å²) in [6, 6.07) is 6.75. The van der Waals surface area contributed by atoms with Crippen molar-refractivity contribution >= 4 is 17.7 Å². The molecule has 1 N–H and O–H groups in total. The zero-order valence-electron chi connectivity index (χ0n) is 15.8. The molecule has 0 aliphatic carbocycles. The van der Waals surface area contributed by atoms with Crippen molar-refractivity contribution in [1.29, 1.82) is 0 Å². The topological polar surface area (TPSA) is 84.7 Å². The number of piperidine rings is 1. The number of likely N-dealkylation sites (tertiary alicyclic amines) is 1. The van der Waals surface area contributed by atoms with Gasteiger partial charge in [-0.2, -0.15) is 0 Å². The van der Waals surface area contributed by atoms with Crippen molar-refractivity contribution in [2.75, 3.05) is 25.0 Å². The van der Waals surface area contributed by atoms with Crippen molar-refractivity contribution in [3.05, 3.63) is 41.1 Å². The predicted octanol–water partition coefficient (Wildman–Crippen LogP) is 3.19. The van der Waals surface area contributed by atoms with Gasteiger partial charge in [-0.25, -0.2) is 0 Å². The number of ether oxygens (including phenoxy) is 1. The third kappa shape index (κ3) is 4.67. The van der Waals surface area contributed by atoms with Gasteiger partial charge in [0.25, 0.3) is 11.8 Å². The number of benzene rings is 1. The molecule has 1 aromatic heterocycles. The molecule has 0 unspecified atom stereocenters. The van der Waals surface area contributed by atoms with Crippen molar-refractivity contribution in [1.82, 2.24) is 10.1 Å². The Morgan fingerprint density at radius 1 is 1.26 bits per heavy atom. The minimum Gasteiger partial charge on any atom is -0.484 e. The number of carbonyl (C=O) groups excluding carboxylic acids is 2. The Kier molecular flexibility index (Phi) is 6.11. The van der Waals surface area contributed by atoms with Crippen LogP contribution in [-0.4, -0.2) is 41.6 Å². The Morgan fingerprint density at radius 3 is 2.74 bits per heavy atom. The van der Waals surface area contributed by atoms with Crippen molar-refractivity contribution in [3.8, 4) is 5.75 Å². The number of aromatic nitrogens is 1. The van der Waals surface area contributed by atoms with Crippen LogP contribution in [0.15, 0.2) is 28.8 Å². The number of hydrogen-bond donors (Lipinski definition) is 1. The van der Waals surface area contributed by atoms with E-state index in [9.17, 15) is 9.59 Å². The summed E-state index contributed by atoms with van der Waals surface area (Å²) < 4.78 is 10.8. The lowest BCUT2D eigenvalue weighted by Crippen LogP contribution is -2.38. The molecule has 0 atom stereocenters. The van der Waals surface area contributed by atoms with Gasteiger partial charge in [-0.1, -0.05) is 18.1 Å². The van der Waals surface area contributed by atoms with Crippen molar-refractivity contribution in [2.24, 2.45) is 0 Å². The van der Waals surface area contributed by atoms with Gasteiger partial charge < -0.3 is 14.2 Å². The molecule has 2 amide bonds. The summed E-state index contributed by atoms with van der Waals surface area (Å²) in [5.41, 5.74) is 2.07. The van der Waals surface area contributed by atoms with Crippen LogP contribution in [0.25, 0.3) is 0 Å². The van der Waals surface area contributed by atoms with Gasteiger partial charge in [-0.05, 0) is 50.8 Å². The second-order valence-corrected chi connectivity index (χ2v) is 6.65. The Morgan fingerprint density at radius 2 is 2.04 bits per heavy atom. The molecule has 144 valence electrons. The monoisotopic (exact) mass is 371 g/mol. The van der Waals surface area contributed by atoms with Crippen molar-refractivity contribution < 1.29 is 18.8 Å². The first-order valence-corrected chi connectivity index (χ1v) is 9.35. The van der Waals surface area contributed by atoms with E-state index in [2.05, 4.69) is 10.5 Å². The van der Waals surface area contributed by atoms with Crippen LogP contribution in [0.4, 0.5) is 5.88 Å². The minimum absolute atomic E-state index is 0.0195. The van der Waals surface area contributed by atoms with Crippen molar-refractivity contribution in [2.45, 2.75) is 39.5 Å². The van der Waals surface area contributed by atoms with E-state index < -0.39 is 0 Å². The molecule has 0 bridgehead atoms. The Labute approximate surface area is 158 Å². The van der Waals surface area contributed by atoms with Gasteiger partial charge in [0.1, 0.15) is 5.75 Å². The Balaban J connectivity index is 1.59. The second-order valence-electron chi connectivity index (χ2n) is 6.65. The fourth-order valence-corrected chi connectivity index (χ4v) is 3.10. The molecule has 1 aromatic carbocycles. The normalized spacial score (nSPS) is 14.1. The van der Waals surface area contributed by atoms with Gasteiger partial charge in [-0.3, -0.25) is 14.9 Å². The molecular formula is C20H25N3O4. The molecule has 1 saturated heterocycles. The van der Waals surface area contributed by atoms with Crippen LogP contribution < -0.4 is 10.1 Å². The van der Waals surface area contributed by atoms with Gasteiger partial charge >= 0.3 is 0 Å². The van der Waals surface area contributed by atoms with E-state index in [1.807, 2.05) is 18.7 Å². The standard InChI is InChI=1S/C20H25N3O4/c1-3-17-14(2)20(27-22-17)21-19(25)15-8-7-9-16(12-15)26-13-18(24)23-10-5-4-6-11-23/h7-9,12H,3-6,10-11,13H2,1-2H3,(H,21,25). The molecule has 0 saturated carbocycles. The molecule has 7 heteroatoms. The van der Waals surface area contributed by atoms with Gasteiger partial charge in [0, 0.05) is 24.2 Å². The highest BCUT2D eigenvalue weighted by molar-refractivity contribution is 6.04. The van der Waals surface area contributed by atoms with Crippen LogP contribution >= 0.6 is 0 Å². The lowest BCUT2D eigenvalue weighted by atomic mass is 10.1. The number of amides is 2. The quantitative estimate of drug-likeness (QED) is 0.843. The smallest absolute Gasteiger partial charge is 0.260 e. The molecule has 1 fully saturated rings. The molecule has 0 radical (unpaired) electrons. The van der Waals surface area contributed by atoms with Crippen LogP contribution in [0.1, 0.15) is 47.8 Å². The van der Waals surface area contributed by atoms with E-state index in [-0.39, 0.29) is 18.4 Å². The third-order valence-corrected chi connectivity index (χ3v) is 4.75. The summed E-state index contributed by atoms with van der Waals surface area (Å²) in [4.78, 5) is 26.5. The second kappa shape index (κ2) is 8.70. The van der Waals surface area contributed by atoms with Gasteiger partial charge in [-0.15, -0.1) is 0 Å². The summed E-state index contributed by atoms with van der Waals surface area (Å²) >= 11 is 0. The zero-order valence-corrected chi connectivity index (χ0v) is 15.8. The maximum atomic E-state index is 12.5. The van der Waals surface area contributed by atoms with Crippen LogP contribution in [0.2, 0.25) is 0 Å². The average Bonchev–Trinajstić information content (AvgIpc) is 3.06. The number of aryl methyl sites for hydroxylation is 1. The summed E-state index contributed by atoms with van der Waals surface area (Å²) in [5, 5.41) is 6.66. The highest BCUT2D eigenvalue weighted by atomic mass is 16.5. The van der Waals surface area contributed by atoms with E-state index in [1.165, 1.54) is 6.42 Å². The number of nitrogens with zero attached hydrogens (tertiary/aromatic N) is 2. The van der Waals surface area contributed by atoms with Crippen LogP contribution in [0, 0.1) is 6.92 Å². The summed E-state index contributed by atoms with van der Waals surface area (Å²) in [6.07, 6.45) is 4.00. The molecule has 1 aliphatic heterocycles. The summed E-state index contributed by atoms with van der Waals surface area (Å²) in [7, 11) is 0. The molecule has 0 spiro atoms. The summed E-state index contributed by atoms with van der Waals surface area (Å²) in [6.45, 7) is 5.40. The molecular weight excluding hydrogens is 346 g/mol. The fourth-order valence-electron chi connectivity index (χ4n) is 3.10. The van der Waals surface area contributed by atoms with Crippen LogP contribution in [-0.2, 0) is 11.2 Å². The first kappa shape index (κ1) is 18.9. The maximum Gasteiger partial charge on any atom is 0.260 e. The van der Waals surface area contributed by atoms with Gasteiger partial charge in [0.2, 0.25) is 5.88 Å². The molecule has 2 aromatic rings. The fraction of sp³-hybridized carbons (Fsp3) is 0.450. The Hall–Kier alpha value is -2.83. The number of rotatable bonds is 6. The SMILES string of the molecule is CCc1noc(NC(=O)c2cccc(OCC(=O)N3CCCCC3)c2)c1C. The third-order valence-electron chi connectivity index (χ3n) is 4.75. The lowest BCUT2D eigenvalue weighted by molar-refractivity contribution is -0.134. The number of nitrogens with one attached hydrogen (secondary N) is 1. The maximum absolute atomic E-state index is 12.5. The van der Waals surface area contributed by atoms with Crippen molar-refractivity contribution in [3.63, 3.8) is 0 Å². The van der Waals surface area contributed by atoms with Gasteiger partial charge in [0.15, 0.2) is 6.61 Å². The van der Waals surface area contributed by atoms with E-state index >= 15 is 0 Å². The number of anilines is 1. The summed E-state index contributed by atoms with van der Waals surface area (Å²) in [5.74, 6) is 0.499. The molecule has 2 heterocycles. The van der Waals surface area contributed by atoms with E-state index in [4.69, 9.17) is 9.26 Å². The minimum atomic E-state index is -0.315. The molecule has 1 aliphatic rings. The predicted molar refractivity (Wildman–Crippen MR) is 101 cm³/mol. The number of hydrogen-bond acceptors (Lipinski definition) is 5. The molecule has 27 heavy (non-hydrogen) atoms. The Bertz CT molecular complexity index is 809. The molecule has 7 nitrogen and oxygen atoms in total. The highest BCUT2D eigenvalue weighted by Crippen LogP contribution is 2.21. The first-order chi connectivity index (χ1) is 13.1. The van der Waals surface area contributed by atoms with Crippen LogP contribution in [0.3, 0.4) is 0 Å². The van der Waals surface area contributed by atoms with Gasteiger partial charge in [0.05, 0.1) is 5.69 Å². The van der Waals surface area contributed by atoms with E-state index in [1.54, 1.807) is 24.3 Å². The lowest BCUT2D eigenvalue weighted by Gasteiger charge is -2.26. The first-order valence-electron chi connectivity index (χ1n) is 9.35. The van der Waals surface area contributed by atoms with E-state index in [0.717, 1.165) is 43.6 Å². The average molecular weight is 371 g/mol. The largest absolute Gasteiger partial charge is 0.484 e. The zero-order chi connectivity index (χ0) is 19.2.